The van der Waals surface area contributed by atoms with Gasteiger partial charge in [0, 0.05) is 25.1 Å². The van der Waals surface area contributed by atoms with E-state index >= 15 is 0 Å². The summed E-state index contributed by atoms with van der Waals surface area (Å²) < 4.78 is 10.9. The van der Waals surface area contributed by atoms with Crippen molar-refractivity contribution in [2.45, 2.75) is 31.6 Å². The molecule has 2 aliphatic rings. The molecule has 1 amide bonds. The first-order valence-electron chi connectivity index (χ1n) is 5.79. The first-order chi connectivity index (χ1) is 8.20. The molecule has 1 unspecified atom stereocenters. The van der Waals surface area contributed by atoms with Gasteiger partial charge in [0.1, 0.15) is 6.23 Å². The van der Waals surface area contributed by atoms with Gasteiger partial charge in [-0.1, -0.05) is 6.08 Å². The largest absolute Gasteiger partial charge is 0.382 e. The van der Waals surface area contributed by atoms with E-state index in [0.717, 1.165) is 12.8 Å². The Morgan fingerprint density at radius 3 is 3.18 bits per heavy atom. The summed E-state index contributed by atoms with van der Waals surface area (Å²) in [5.74, 6) is -0.370. The van der Waals surface area contributed by atoms with Crippen molar-refractivity contribution in [3.63, 3.8) is 0 Å². The third-order valence-corrected chi connectivity index (χ3v) is 3.01. The van der Waals surface area contributed by atoms with Crippen molar-refractivity contribution >= 4 is 5.91 Å². The minimum atomic E-state index is -0.370. The fourth-order valence-electron chi connectivity index (χ4n) is 2.13. The van der Waals surface area contributed by atoms with Gasteiger partial charge in [-0.15, -0.1) is 0 Å². The van der Waals surface area contributed by atoms with Gasteiger partial charge >= 0.3 is 0 Å². The molecule has 17 heavy (non-hydrogen) atoms. The molecule has 0 aromatic heterocycles. The predicted molar refractivity (Wildman–Crippen MR) is 62.6 cm³/mol. The van der Waals surface area contributed by atoms with Gasteiger partial charge in [-0.3, -0.25) is 4.79 Å². The molecule has 5 heteroatoms. The van der Waals surface area contributed by atoms with Crippen LogP contribution in [0.4, 0.5) is 0 Å². The van der Waals surface area contributed by atoms with Crippen LogP contribution in [0.5, 0.6) is 0 Å². The number of ether oxygens (including phenoxy) is 2. The highest BCUT2D eigenvalue weighted by Gasteiger charge is 2.29. The van der Waals surface area contributed by atoms with E-state index in [1.165, 1.54) is 0 Å². The number of carbonyl (C=O) groups excluding carboxylic acids is 1. The van der Waals surface area contributed by atoms with Gasteiger partial charge in [0.2, 0.25) is 5.91 Å². The molecule has 1 fully saturated rings. The molecule has 0 bridgehead atoms. The van der Waals surface area contributed by atoms with E-state index in [1.54, 1.807) is 13.3 Å². The van der Waals surface area contributed by atoms with E-state index in [1.807, 2.05) is 17.2 Å². The first kappa shape index (κ1) is 12.1. The van der Waals surface area contributed by atoms with E-state index in [9.17, 15) is 4.79 Å². The Bertz CT molecular complexity index is 352. The molecular weight excluding hydrogens is 220 g/mol. The summed E-state index contributed by atoms with van der Waals surface area (Å²) in [5.41, 5.74) is 5.89. The third-order valence-electron chi connectivity index (χ3n) is 3.01. The van der Waals surface area contributed by atoms with E-state index in [4.69, 9.17) is 15.2 Å². The summed E-state index contributed by atoms with van der Waals surface area (Å²) in [6.07, 6.45) is 8.28. The van der Waals surface area contributed by atoms with Crippen molar-refractivity contribution in [2.75, 3.05) is 13.7 Å². The Labute approximate surface area is 101 Å². The maximum Gasteiger partial charge on any atom is 0.246 e. The van der Waals surface area contributed by atoms with Crippen LogP contribution < -0.4 is 5.73 Å². The lowest BCUT2D eigenvalue weighted by atomic mass is 10.1. The Kier molecular flexibility index (Phi) is 3.81. The van der Waals surface area contributed by atoms with E-state index in [2.05, 4.69) is 0 Å². The van der Waals surface area contributed by atoms with Crippen LogP contribution in [-0.2, 0) is 14.3 Å². The molecular formula is C12H18N2O3. The van der Waals surface area contributed by atoms with Gasteiger partial charge in [0.15, 0.2) is 0 Å². The molecule has 94 valence electrons. The van der Waals surface area contributed by atoms with Crippen LogP contribution in [0, 0.1) is 0 Å². The zero-order chi connectivity index (χ0) is 12.3. The lowest BCUT2D eigenvalue weighted by Gasteiger charge is -2.26. The average molecular weight is 238 g/mol. The van der Waals surface area contributed by atoms with E-state index in [0.29, 0.717) is 18.6 Å². The van der Waals surface area contributed by atoms with Gasteiger partial charge in [0.25, 0.3) is 0 Å². The number of hydrogen-bond donors (Lipinski definition) is 1. The fourth-order valence-corrected chi connectivity index (χ4v) is 2.13. The molecule has 0 aromatic rings. The van der Waals surface area contributed by atoms with Crippen molar-refractivity contribution in [1.82, 2.24) is 4.90 Å². The number of nitrogens with two attached hydrogens (primary N) is 1. The number of nitrogens with zero attached hydrogens (tertiary/aromatic N) is 1. The van der Waals surface area contributed by atoms with Crippen LogP contribution in [0.2, 0.25) is 0 Å². The van der Waals surface area contributed by atoms with Crippen molar-refractivity contribution in [3.8, 4) is 0 Å². The summed E-state index contributed by atoms with van der Waals surface area (Å²) in [6, 6.07) is 0. The summed E-state index contributed by atoms with van der Waals surface area (Å²) in [5, 5.41) is 0. The van der Waals surface area contributed by atoms with Crippen molar-refractivity contribution in [2.24, 2.45) is 5.73 Å². The first-order valence-corrected chi connectivity index (χ1v) is 5.79. The van der Waals surface area contributed by atoms with Gasteiger partial charge < -0.3 is 20.1 Å². The monoisotopic (exact) mass is 238 g/mol. The number of rotatable bonds is 4. The van der Waals surface area contributed by atoms with Crippen LogP contribution in [0.1, 0.15) is 19.3 Å². The highest BCUT2D eigenvalue weighted by atomic mass is 16.5. The minimum absolute atomic E-state index is 0.0129. The number of methoxy groups -OCH3 is 1. The standard InChI is InChI=1S/C12H18N2O3/c1-16-8-10-4-5-11(17-10)14-6-2-3-9(7-14)12(13)15/h2,6-7,10-11H,3-5,8H2,1H3,(H2,13,15)/t10?,11-/m1/s1. The molecule has 0 saturated carbocycles. The summed E-state index contributed by atoms with van der Waals surface area (Å²) >= 11 is 0. The van der Waals surface area contributed by atoms with Crippen LogP contribution in [-0.4, -0.2) is 36.9 Å². The highest BCUT2D eigenvalue weighted by Crippen LogP contribution is 2.26. The van der Waals surface area contributed by atoms with Gasteiger partial charge in [-0.2, -0.15) is 0 Å². The van der Waals surface area contributed by atoms with Gasteiger partial charge in [0.05, 0.1) is 12.7 Å². The van der Waals surface area contributed by atoms with Crippen molar-refractivity contribution < 1.29 is 14.3 Å². The zero-order valence-corrected chi connectivity index (χ0v) is 9.96. The predicted octanol–water partition coefficient (Wildman–Crippen LogP) is 0.727. The van der Waals surface area contributed by atoms with Gasteiger partial charge in [-0.05, 0) is 19.3 Å². The summed E-state index contributed by atoms with van der Waals surface area (Å²) in [4.78, 5) is 13.0. The number of hydrogen-bond acceptors (Lipinski definition) is 4. The topological polar surface area (TPSA) is 64.8 Å². The van der Waals surface area contributed by atoms with E-state index < -0.39 is 0 Å². The maximum absolute atomic E-state index is 11.1. The minimum Gasteiger partial charge on any atom is -0.382 e. The van der Waals surface area contributed by atoms with Crippen molar-refractivity contribution in [3.05, 3.63) is 24.0 Å². The lowest BCUT2D eigenvalue weighted by Crippen LogP contribution is -2.30. The van der Waals surface area contributed by atoms with Crippen LogP contribution in [0.25, 0.3) is 0 Å². The summed E-state index contributed by atoms with van der Waals surface area (Å²) in [6.45, 7) is 0.612. The SMILES string of the molecule is COCC1CC[C@H](N2C=CCC(C(N)=O)=C2)O1. The second-order valence-electron chi connectivity index (χ2n) is 4.30. The Morgan fingerprint density at radius 1 is 1.65 bits per heavy atom. The molecule has 0 aliphatic carbocycles. The van der Waals surface area contributed by atoms with Crippen molar-refractivity contribution in [1.29, 1.82) is 0 Å². The Hall–Kier alpha value is -1.33. The maximum atomic E-state index is 11.1. The van der Waals surface area contributed by atoms with E-state index in [-0.39, 0.29) is 18.2 Å². The number of primary amides is 1. The average Bonchev–Trinajstić information content (AvgIpc) is 2.78. The fraction of sp³-hybridized carbons (Fsp3) is 0.583. The molecule has 1 saturated heterocycles. The Morgan fingerprint density at radius 2 is 2.47 bits per heavy atom. The van der Waals surface area contributed by atoms with Crippen LogP contribution in [0.3, 0.4) is 0 Å². The van der Waals surface area contributed by atoms with Gasteiger partial charge in [-0.25, -0.2) is 0 Å². The second-order valence-corrected chi connectivity index (χ2v) is 4.30. The number of amides is 1. The molecule has 5 nitrogen and oxygen atoms in total. The summed E-state index contributed by atoms with van der Waals surface area (Å²) in [7, 11) is 1.67. The zero-order valence-electron chi connectivity index (χ0n) is 9.96. The molecule has 2 atom stereocenters. The second kappa shape index (κ2) is 5.33. The molecule has 0 spiro atoms. The number of carbonyl (C=O) groups is 1. The molecule has 2 rings (SSSR count). The Balaban J connectivity index is 1.97. The molecule has 2 aliphatic heterocycles. The van der Waals surface area contributed by atoms with Crippen LogP contribution >= 0.6 is 0 Å². The molecule has 0 radical (unpaired) electrons. The van der Waals surface area contributed by atoms with Crippen LogP contribution in [0.15, 0.2) is 24.0 Å². The normalized spacial score (nSPS) is 28.3. The molecule has 2 heterocycles. The smallest absolute Gasteiger partial charge is 0.246 e. The lowest BCUT2D eigenvalue weighted by molar-refractivity contribution is -0.114. The molecule has 2 N–H and O–H groups in total. The quantitative estimate of drug-likeness (QED) is 0.784. The number of allylic oxidation sites excluding steroid dienone is 1. The highest BCUT2D eigenvalue weighted by molar-refractivity contribution is 5.92. The third kappa shape index (κ3) is 2.87. The molecule has 0 aromatic carbocycles.